The van der Waals surface area contributed by atoms with Crippen LogP contribution in [0.15, 0.2) is 66.0 Å². The maximum Gasteiger partial charge on any atom is 0.204 e. The number of nitrogens with zero attached hydrogens (tertiary/aromatic N) is 1. The summed E-state index contributed by atoms with van der Waals surface area (Å²) in [5.74, 6) is 0.0380. The summed E-state index contributed by atoms with van der Waals surface area (Å²) in [5, 5.41) is 12.4. The quantitative estimate of drug-likeness (QED) is 0.512. The minimum Gasteiger partial charge on any atom is -0.506 e. The zero-order valence-electron chi connectivity index (χ0n) is 9.89. The number of anilines is 1. The molecule has 4 nitrogen and oxygen atoms in total. The Morgan fingerprint density at radius 2 is 1.89 bits per heavy atom. The van der Waals surface area contributed by atoms with Gasteiger partial charge in [0.25, 0.3) is 0 Å². The fourth-order valence-electron chi connectivity index (χ4n) is 1.40. The average Bonchev–Trinajstić information content (AvgIpc) is 2.38. The Hall–Kier alpha value is -2.13. The zero-order chi connectivity index (χ0) is 12.8. The second-order valence-corrected chi connectivity index (χ2v) is 3.57. The fourth-order valence-corrected chi connectivity index (χ4v) is 1.40. The molecule has 1 aromatic carbocycles. The summed E-state index contributed by atoms with van der Waals surface area (Å²) in [5.41, 5.74) is 0.965. The van der Waals surface area contributed by atoms with Crippen LogP contribution in [0.5, 0.6) is 5.75 Å². The van der Waals surface area contributed by atoms with Crippen molar-refractivity contribution in [2.24, 2.45) is 4.99 Å². The topological polar surface area (TPSA) is 61.7 Å². The summed E-state index contributed by atoms with van der Waals surface area (Å²) in [7, 11) is 0. The van der Waals surface area contributed by atoms with Crippen molar-refractivity contribution in [3.8, 4) is 5.75 Å². The molecule has 1 aromatic rings. The van der Waals surface area contributed by atoms with E-state index in [2.05, 4.69) is 10.3 Å². The van der Waals surface area contributed by atoms with Gasteiger partial charge in [0.1, 0.15) is 11.5 Å². The molecule has 100 valence electrons. The number of aliphatic imine (C=N–C) groups is 1. The SMILES string of the molecule is O=C1C=CC=CC1=N/C=C\Nc1ccccc1O.[Ni]. The summed E-state index contributed by atoms with van der Waals surface area (Å²) in [6.45, 7) is 0. The van der Waals surface area contributed by atoms with Crippen LogP contribution in [-0.2, 0) is 21.3 Å². The van der Waals surface area contributed by atoms with E-state index in [-0.39, 0.29) is 28.0 Å². The molecule has 2 rings (SSSR count). The molecule has 0 spiro atoms. The molecule has 0 aromatic heterocycles. The molecular formula is C14H12N2NiO2. The van der Waals surface area contributed by atoms with Crippen molar-refractivity contribution in [3.63, 3.8) is 0 Å². The molecule has 1 aliphatic rings. The largest absolute Gasteiger partial charge is 0.506 e. The number of carbonyl (C=O) groups excluding carboxylic acids is 1. The molecule has 0 aliphatic heterocycles. The second kappa shape index (κ2) is 7.34. The smallest absolute Gasteiger partial charge is 0.204 e. The third-order valence-corrected chi connectivity index (χ3v) is 2.30. The van der Waals surface area contributed by atoms with Gasteiger partial charge in [-0.05, 0) is 24.3 Å². The predicted octanol–water partition coefficient (Wildman–Crippen LogP) is 2.41. The Morgan fingerprint density at radius 3 is 2.63 bits per heavy atom. The molecule has 0 heterocycles. The number of carbonyl (C=O) groups is 1. The van der Waals surface area contributed by atoms with Crippen LogP contribution in [0.4, 0.5) is 5.69 Å². The van der Waals surface area contributed by atoms with Crippen molar-refractivity contribution < 1.29 is 26.4 Å². The van der Waals surface area contributed by atoms with Crippen LogP contribution < -0.4 is 5.32 Å². The Bertz CT molecular complexity index is 575. The van der Waals surface area contributed by atoms with Gasteiger partial charge < -0.3 is 10.4 Å². The molecule has 1 aliphatic carbocycles. The normalized spacial score (nSPS) is 15.8. The van der Waals surface area contributed by atoms with E-state index >= 15 is 0 Å². The van der Waals surface area contributed by atoms with Gasteiger partial charge in [0, 0.05) is 28.9 Å². The van der Waals surface area contributed by atoms with Crippen LogP contribution in [0.3, 0.4) is 0 Å². The monoisotopic (exact) mass is 298 g/mol. The maximum absolute atomic E-state index is 11.3. The van der Waals surface area contributed by atoms with E-state index in [9.17, 15) is 9.90 Å². The van der Waals surface area contributed by atoms with Crippen LogP contribution in [0.2, 0.25) is 0 Å². The zero-order valence-corrected chi connectivity index (χ0v) is 10.9. The van der Waals surface area contributed by atoms with E-state index in [4.69, 9.17) is 0 Å². The van der Waals surface area contributed by atoms with E-state index in [1.54, 1.807) is 48.7 Å². The van der Waals surface area contributed by atoms with E-state index in [1.807, 2.05) is 0 Å². The summed E-state index contributed by atoms with van der Waals surface area (Å²) in [6.07, 6.45) is 9.57. The maximum atomic E-state index is 11.3. The number of aromatic hydroxyl groups is 1. The van der Waals surface area contributed by atoms with E-state index in [0.29, 0.717) is 11.4 Å². The van der Waals surface area contributed by atoms with Gasteiger partial charge in [0.2, 0.25) is 5.78 Å². The number of para-hydroxylation sites is 2. The first-order valence-corrected chi connectivity index (χ1v) is 5.44. The van der Waals surface area contributed by atoms with Crippen molar-refractivity contribution in [1.29, 1.82) is 0 Å². The predicted molar refractivity (Wildman–Crippen MR) is 71.6 cm³/mol. The first-order valence-electron chi connectivity index (χ1n) is 5.44. The minimum absolute atomic E-state index is 0. The molecule has 0 fully saturated rings. The van der Waals surface area contributed by atoms with E-state index in [1.165, 1.54) is 12.3 Å². The first-order chi connectivity index (χ1) is 8.77. The van der Waals surface area contributed by atoms with Gasteiger partial charge in [-0.1, -0.05) is 24.3 Å². The number of nitrogens with one attached hydrogen (secondary N) is 1. The number of phenolic OH excluding ortho intramolecular Hbond substituents is 1. The van der Waals surface area contributed by atoms with Gasteiger partial charge in [-0.25, -0.2) is 0 Å². The van der Waals surface area contributed by atoms with Crippen LogP contribution in [0, 0.1) is 0 Å². The Balaban J connectivity index is 0.00000180. The number of rotatable bonds is 3. The molecule has 0 radical (unpaired) electrons. The third kappa shape index (κ3) is 4.23. The van der Waals surface area contributed by atoms with Crippen molar-refractivity contribution in [1.82, 2.24) is 0 Å². The van der Waals surface area contributed by atoms with Crippen molar-refractivity contribution in [2.45, 2.75) is 0 Å². The van der Waals surface area contributed by atoms with Crippen molar-refractivity contribution in [2.75, 3.05) is 5.32 Å². The molecule has 19 heavy (non-hydrogen) atoms. The summed E-state index contributed by atoms with van der Waals surface area (Å²) in [6, 6.07) is 6.86. The summed E-state index contributed by atoms with van der Waals surface area (Å²) < 4.78 is 0. The number of allylic oxidation sites excluding steroid dienone is 4. The number of hydrogen-bond acceptors (Lipinski definition) is 4. The van der Waals surface area contributed by atoms with Gasteiger partial charge in [-0.2, -0.15) is 0 Å². The molecular weight excluding hydrogens is 287 g/mol. The van der Waals surface area contributed by atoms with E-state index < -0.39 is 0 Å². The summed E-state index contributed by atoms with van der Waals surface area (Å²) in [4.78, 5) is 15.4. The minimum atomic E-state index is -0.121. The van der Waals surface area contributed by atoms with Gasteiger partial charge in [-0.3, -0.25) is 9.79 Å². The first kappa shape index (κ1) is 14.9. The Labute approximate surface area is 121 Å². The molecule has 0 unspecified atom stereocenters. The number of ketones is 1. The van der Waals surface area contributed by atoms with Crippen LogP contribution in [0.25, 0.3) is 0 Å². The number of hydrogen-bond donors (Lipinski definition) is 2. The fraction of sp³-hybridized carbons (Fsp3) is 0. The molecule has 0 saturated heterocycles. The van der Waals surface area contributed by atoms with Gasteiger partial charge in [-0.15, -0.1) is 0 Å². The average molecular weight is 299 g/mol. The Morgan fingerprint density at radius 1 is 1.16 bits per heavy atom. The van der Waals surface area contributed by atoms with Crippen LogP contribution in [0.1, 0.15) is 0 Å². The van der Waals surface area contributed by atoms with Crippen molar-refractivity contribution in [3.05, 3.63) is 61.0 Å². The third-order valence-electron chi connectivity index (χ3n) is 2.30. The van der Waals surface area contributed by atoms with Crippen molar-refractivity contribution >= 4 is 17.2 Å². The molecule has 2 N–H and O–H groups in total. The molecule has 0 amide bonds. The molecule has 0 saturated carbocycles. The van der Waals surface area contributed by atoms with Gasteiger partial charge in [0.15, 0.2) is 0 Å². The van der Waals surface area contributed by atoms with E-state index in [0.717, 1.165) is 0 Å². The van der Waals surface area contributed by atoms with Crippen LogP contribution >= 0.6 is 0 Å². The van der Waals surface area contributed by atoms with Gasteiger partial charge in [0.05, 0.1) is 5.69 Å². The molecule has 0 atom stereocenters. The van der Waals surface area contributed by atoms with Gasteiger partial charge >= 0.3 is 0 Å². The molecule has 5 heteroatoms. The number of phenols is 1. The second-order valence-electron chi connectivity index (χ2n) is 3.57. The number of benzene rings is 1. The standard InChI is InChI=1S/C14H12N2O2.Ni/c17-13-7-3-1-5-11(13)15-9-10-16-12-6-2-4-8-14(12)18;/h1-10,15,17H;/b10-9-,16-12?;. The van der Waals surface area contributed by atoms with Crippen LogP contribution in [-0.4, -0.2) is 16.6 Å². The molecule has 0 bridgehead atoms. The summed E-state index contributed by atoms with van der Waals surface area (Å²) >= 11 is 0. The Kier molecular flexibility index (Phi) is 5.77.